The number of para-hydroxylation sites is 1. The normalized spacial score (nSPS) is 23.0. The van der Waals surface area contributed by atoms with Crippen molar-refractivity contribution in [1.82, 2.24) is 0 Å². The summed E-state index contributed by atoms with van der Waals surface area (Å²) in [6.45, 7) is 9.20. The molecule has 122 valence electrons. The van der Waals surface area contributed by atoms with Crippen molar-refractivity contribution in [3.8, 4) is 0 Å². The minimum absolute atomic E-state index is 0.217. The molecule has 2 aromatic carbocycles. The van der Waals surface area contributed by atoms with Gasteiger partial charge in [-0.15, -0.1) is 0 Å². The standard InChI is InChI=1S/C21H28N2/c1-5-16-14-21(4,6-2)23-19-13-12-18(15(3)20(16)19)22-17-10-8-7-9-11-17/h7-13,16,22-23H,5-6,14H2,1-4H3. The molecule has 0 amide bonds. The predicted molar refractivity (Wildman–Crippen MR) is 101 cm³/mol. The third-order valence-corrected chi connectivity index (χ3v) is 5.38. The van der Waals surface area contributed by atoms with Crippen LogP contribution in [-0.2, 0) is 0 Å². The van der Waals surface area contributed by atoms with Gasteiger partial charge in [0.2, 0.25) is 0 Å². The van der Waals surface area contributed by atoms with Crippen LogP contribution in [-0.4, -0.2) is 5.54 Å². The Kier molecular flexibility index (Phi) is 4.34. The summed E-state index contributed by atoms with van der Waals surface area (Å²) < 4.78 is 0. The van der Waals surface area contributed by atoms with E-state index in [2.05, 4.69) is 74.7 Å². The summed E-state index contributed by atoms with van der Waals surface area (Å²) in [4.78, 5) is 0. The monoisotopic (exact) mass is 308 g/mol. The van der Waals surface area contributed by atoms with Crippen LogP contribution in [0.2, 0.25) is 0 Å². The van der Waals surface area contributed by atoms with Gasteiger partial charge in [-0.25, -0.2) is 0 Å². The zero-order valence-corrected chi connectivity index (χ0v) is 14.7. The minimum atomic E-state index is 0.217. The van der Waals surface area contributed by atoms with Crippen LogP contribution in [0.3, 0.4) is 0 Å². The van der Waals surface area contributed by atoms with Gasteiger partial charge in [-0.3, -0.25) is 0 Å². The Hall–Kier alpha value is -1.96. The van der Waals surface area contributed by atoms with Crippen LogP contribution in [0.5, 0.6) is 0 Å². The highest BCUT2D eigenvalue weighted by atomic mass is 15.0. The molecule has 2 nitrogen and oxygen atoms in total. The van der Waals surface area contributed by atoms with Crippen molar-refractivity contribution in [3.05, 3.63) is 53.6 Å². The second-order valence-electron chi connectivity index (χ2n) is 7.04. The van der Waals surface area contributed by atoms with Gasteiger partial charge in [0.15, 0.2) is 0 Å². The minimum Gasteiger partial charge on any atom is -0.380 e. The second-order valence-corrected chi connectivity index (χ2v) is 7.04. The van der Waals surface area contributed by atoms with E-state index >= 15 is 0 Å². The van der Waals surface area contributed by atoms with Crippen molar-refractivity contribution in [2.24, 2.45) is 0 Å². The zero-order chi connectivity index (χ0) is 16.4. The van der Waals surface area contributed by atoms with Crippen molar-refractivity contribution in [1.29, 1.82) is 0 Å². The Labute approximate surface area is 140 Å². The molecule has 1 heterocycles. The van der Waals surface area contributed by atoms with Crippen LogP contribution in [0.15, 0.2) is 42.5 Å². The highest BCUT2D eigenvalue weighted by Crippen LogP contribution is 2.45. The molecule has 2 unspecified atom stereocenters. The van der Waals surface area contributed by atoms with Crippen LogP contribution >= 0.6 is 0 Å². The maximum Gasteiger partial charge on any atom is 0.0418 e. The lowest BCUT2D eigenvalue weighted by Gasteiger charge is -2.41. The molecular formula is C21H28N2. The predicted octanol–water partition coefficient (Wildman–Crippen LogP) is 6.22. The molecule has 0 saturated carbocycles. The number of hydrogen-bond donors (Lipinski definition) is 2. The third kappa shape index (κ3) is 3.08. The number of nitrogens with one attached hydrogen (secondary N) is 2. The number of benzene rings is 2. The van der Waals surface area contributed by atoms with Gasteiger partial charge < -0.3 is 10.6 Å². The summed E-state index contributed by atoms with van der Waals surface area (Å²) in [5.74, 6) is 0.633. The van der Waals surface area contributed by atoms with Crippen molar-refractivity contribution in [3.63, 3.8) is 0 Å². The molecule has 1 aliphatic rings. The average molecular weight is 308 g/mol. The topological polar surface area (TPSA) is 24.1 Å². The maximum absolute atomic E-state index is 3.79. The van der Waals surface area contributed by atoms with Crippen LogP contribution in [0.1, 0.15) is 57.1 Å². The van der Waals surface area contributed by atoms with Crippen LogP contribution < -0.4 is 10.6 Å². The van der Waals surface area contributed by atoms with E-state index in [0.717, 1.165) is 12.1 Å². The molecule has 2 heteroatoms. The van der Waals surface area contributed by atoms with Gasteiger partial charge in [-0.05, 0) is 74.4 Å². The van der Waals surface area contributed by atoms with E-state index in [0.29, 0.717) is 5.92 Å². The summed E-state index contributed by atoms with van der Waals surface area (Å²) in [5, 5.41) is 7.37. The number of hydrogen-bond acceptors (Lipinski definition) is 2. The van der Waals surface area contributed by atoms with Crippen LogP contribution in [0.4, 0.5) is 17.1 Å². The van der Waals surface area contributed by atoms with E-state index < -0.39 is 0 Å². The number of fused-ring (bicyclic) bond motifs is 1. The van der Waals surface area contributed by atoms with Crippen molar-refractivity contribution in [2.75, 3.05) is 10.6 Å². The first-order valence-corrected chi connectivity index (χ1v) is 8.80. The van der Waals surface area contributed by atoms with Crippen LogP contribution in [0, 0.1) is 6.92 Å². The van der Waals surface area contributed by atoms with E-state index in [1.54, 1.807) is 0 Å². The second kappa shape index (κ2) is 6.27. The molecule has 1 aliphatic heterocycles. The molecule has 0 aliphatic carbocycles. The molecule has 0 spiro atoms. The SMILES string of the molecule is CCC1CC(C)(CC)Nc2ccc(Nc3ccccc3)c(C)c21. The van der Waals surface area contributed by atoms with Gasteiger partial charge in [0.1, 0.15) is 0 Å². The Morgan fingerprint density at radius 1 is 1.13 bits per heavy atom. The van der Waals surface area contributed by atoms with Gasteiger partial charge in [0.25, 0.3) is 0 Å². The lowest BCUT2D eigenvalue weighted by atomic mass is 9.76. The number of anilines is 3. The van der Waals surface area contributed by atoms with Gasteiger partial charge in [0, 0.05) is 22.6 Å². The van der Waals surface area contributed by atoms with Crippen molar-refractivity contribution < 1.29 is 0 Å². The highest BCUT2D eigenvalue weighted by Gasteiger charge is 2.34. The molecule has 0 fully saturated rings. The summed E-state index contributed by atoms with van der Waals surface area (Å²) in [7, 11) is 0. The molecule has 0 aromatic heterocycles. The van der Waals surface area contributed by atoms with Gasteiger partial charge in [-0.2, -0.15) is 0 Å². The largest absolute Gasteiger partial charge is 0.380 e. The summed E-state index contributed by atoms with van der Waals surface area (Å²) in [6, 6.07) is 14.9. The molecule has 2 N–H and O–H groups in total. The first-order chi connectivity index (χ1) is 11.1. The van der Waals surface area contributed by atoms with E-state index in [1.807, 2.05) is 6.07 Å². The maximum atomic E-state index is 3.79. The Balaban J connectivity index is 1.98. The van der Waals surface area contributed by atoms with Gasteiger partial charge in [0.05, 0.1) is 0 Å². The van der Waals surface area contributed by atoms with Gasteiger partial charge >= 0.3 is 0 Å². The Morgan fingerprint density at radius 2 is 1.87 bits per heavy atom. The summed E-state index contributed by atoms with van der Waals surface area (Å²) in [6.07, 6.45) is 3.56. The summed E-state index contributed by atoms with van der Waals surface area (Å²) in [5.41, 5.74) is 6.78. The van der Waals surface area contributed by atoms with Gasteiger partial charge in [-0.1, -0.05) is 32.0 Å². The fraction of sp³-hybridized carbons (Fsp3) is 0.429. The molecular weight excluding hydrogens is 280 g/mol. The molecule has 0 radical (unpaired) electrons. The van der Waals surface area contributed by atoms with E-state index in [4.69, 9.17) is 0 Å². The van der Waals surface area contributed by atoms with Crippen LogP contribution in [0.25, 0.3) is 0 Å². The van der Waals surface area contributed by atoms with E-state index in [9.17, 15) is 0 Å². The fourth-order valence-electron chi connectivity index (χ4n) is 3.78. The summed E-state index contributed by atoms with van der Waals surface area (Å²) >= 11 is 0. The Bertz CT molecular complexity index is 678. The smallest absolute Gasteiger partial charge is 0.0418 e. The van der Waals surface area contributed by atoms with E-state index in [1.165, 1.54) is 35.3 Å². The van der Waals surface area contributed by atoms with E-state index in [-0.39, 0.29) is 5.54 Å². The fourth-order valence-corrected chi connectivity index (χ4v) is 3.78. The molecule has 3 rings (SSSR count). The number of rotatable bonds is 4. The molecule has 2 atom stereocenters. The third-order valence-electron chi connectivity index (χ3n) is 5.38. The van der Waals surface area contributed by atoms with Crippen molar-refractivity contribution in [2.45, 2.75) is 58.4 Å². The molecule has 0 bridgehead atoms. The highest BCUT2D eigenvalue weighted by molar-refractivity contribution is 5.72. The Morgan fingerprint density at radius 3 is 2.52 bits per heavy atom. The molecule has 2 aromatic rings. The van der Waals surface area contributed by atoms with Crippen molar-refractivity contribution >= 4 is 17.1 Å². The quantitative estimate of drug-likeness (QED) is 0.701. The lowest BCUT2D eigenvalue weighted by Crippen LogP contribution is -2.39. The molecule has 0 saturated heterocycles. The first-order valence-electron chi connectivity index (χ1n) is 8.80. The average Bonchev–Trinajstić information content (AvgIpc) is 2.57. The lowest BCUT2D eigenvalue weighted by molar-refractivity contribution is 0.388. The zero-order valence-electron chi connectivity index (χ0n) is 14.7. The molecule has 23 heavy (non-hydrogen) atoms. The first kappa shape index (κ1) is 15.9.